The first-order valence-corrected chi connectivity index (χ1v) is 27.3. The highest BCUT2D eigenvalue weighted by Gasteiger charge is 2.38. The van der Waals surface area contributed by atoms with E-state index >= 15 is 0 Å². The van der Waals surface area contributed by atoms with Gasteiger partial charge in [-0.05, 0) is 165 Å². The standard InChI is InChI=1S/C66H77N/c1-65(2)60-32-22-20-30-54(60)56-40-38-52(44-62(56)65)67(53-39-41-57-55-31-21-23-33-61(55)66(3,4)63(57)45-53)51-36-34-49(35-37-51)64-58(47-26-16-10-6-11-17-27-47)42-50(46-24-14-8-5-9-15-25-46)43-59(64)48-28-18-12-7-13-19-29-48/h20-23,30-48H,5-19,24-29H2,1-4H3. The van der Waals surface area contributed by atoms with Crippen LogP contribution >= 0.6 is 0 Å². The van der Waals surface area contributed by atoms with Crippen LogP contribution in [0.3, 0.4) is 0 Å². The molecule has 0 atom stereocenters. The quantitative estimate of drug-likeness (QED) is 0.154. The number of hydrogen-bond acceptors (Lipinski definition) is 1. The van der Waals surface area contributed by atoms with Crippen molar-refractivity contribution in [1.29, 1.82) is 0 Å². The van der Waals surface area contributed by atoms with Crippen molar-refractivity contribution < 1.29 is 0 Å². The average molecular weight is 884 g/mol. The molecule has 5 aliphatic carbocycles. The van der Waals surface area contributed by atoms with E-state index in [1.807, 2.05) is 0 Å². The highest BCUT2D eigenvalue weighted by atomic mass is 15.1. The third kappa shape index (κ3) is 8.44. The Morgan fingerprint density at radius 2 is 0.701 bits per heavy atom. The molecule has 0 N–H and O–H groups in total. The fourth-order valence-electron chi connectivity index (χ4n) is 14.1. The zero-order valence-electron chi connectivity index (χ0n) is 41.6. The summed E-state index contributed by atoms with van der Waals surface area (Å²) in [4.78, 5) is 2.58. The summed E-state index contributed by atoms with van der Waals surface area (Å²) in [7, 11) is 0. The van der Waals surface area contributed by atoms with Gasteiger partial charge in [-0.25, -0.2) is 0 Å². The topological polar surface area (TPSA) is 3.24 Å². The molecule has 0 bridgehead atoms. The summed E-state index contributed by atoms with van der Waals surface area (Å²) < 4.78 is 0. The Kier molecular flexibility index (Phi) is 12.6. The molecule has 67 heavy (non-hydrogen) atoms. The van der Waals surface area contributed by atoms with Crippen molar-refractivity contribution in [3.05, 3.63) is 160 Å². The second kappa shape index (κ2) is 18.9. The molecule has 3 fully saturated rings. The van der Waals surface area contributed by atoms with Crippen molar-refractivity contribution in [2.24, 2.45) is 0 Å². The van der Waals surface area contributed by atoms with E-state index in [2.05, 4.69) is 154 Å². The van der Waals surface area contributed by atoms with Crippen molar-refractivity contribution in [3.63, 3.8) is 0 Å². The van der Waals surface area contributed by atoms with Crippen molar-refractivity contribution in [1.82, 2.24) is 0 Å². The van der Waals surface area contributed by atoms with E-state index in [1.54, 1.807) is 22.3 Å². The molecule has 0 spiro atoms. The molecule has 6 aromatic carbocycles. The van der Waals surface area contributed by atoms with Gasteiger partial charge in [0.05, 0.1) is 0 Å². The highest BCUT2D eigenvalue weighted by Crippen LogP contribution is 2.54. The Morgan fingerprint density at radius 3 is 1.13 bits per heavy atom. The van der Waals surface area contributed by atoms with Gasteiger partial charge in [-0.2, -0.15) is 0 Å². The second-order valence-corrected chi connectivity index (χ2v) is 22.9. The first-order valence-electron chi connectivity index (χ1n) is 27.3. The molecule has 5 aliphatic rings. The first kappa shape index (κ1) is 44.6. The maximum Gasteiger partial charge on any atom is 0.0465 e. The van der Waals surface area contributed by atoms with Gasteiger partial charge in [0.2, 0.25) is 0 Å². The fourth-order valence-corrected chi connectivity index (χ4v) is 14.1. The summed E-state index contributed by atoms with van der Waals surface area (Å²) in [6, 6.07) is 48.5. The van der Waals surface area contributed by atoms with Gasteiger partial charge in [-0.3, -0.25) is 0 Å². The normalized spacial score (nSPS) is 19.9. The Bertz CT molecular complexity index is 2540. The number of benzene rings is 6. The molecular weight excluding hydrogens is 807 g/mol. The Labute approximate surface area is 404 Å². The predicted molar refractivity (Wildman–Crippen MR) is 287 cm³/mol. The summed E-state index contributed by atoms with van der Waals surface area (Å²) in [6.07, 6.45) is 29.0. The van der Waals surface area contributed by atoms with Gasteiger partial charge in [0, 0.05) is 27.9 Å². The lowest BCUT2D eigenvalue weighted by atomic mass is 9.73. The van der Waals surface area contributed by atoms with Gasteiger partial charge in [0.25, 0.3) is 0 Å². The number of nitrogens with zero attached hydrogens (tertiary/aromatic N) is 1. The smallest absolute Gasteiger partial charge is 0.0465 e. The molecule has 11 rings (SSSR count). The van der Waals surface area contributed by atoms with Crippen LogP contribution in [0.5, 0.6) is 0 Å². The monoisotopic (exact) mass is 884 g/mol. The molecule has 0 heterocycles. The third-order valence-corrected chi connectivity index (χ3v) is 18.0. The Hall–Kier alpha value is -4.88. The van der Waals surface area contributed by atoms with Gasteiger partial charge in [0.1, 0.15) is 0 Å². The van der Waals surface area contributed by atoms with Crippen molar-refractivity contribution in [2.75, 3.05) is 4.90 Å². The summed E-state index contributed by atoms with van der Waals surface area (Å²) in [5, 5.41) is 0. The molecule has 0 amide bonds. The van der Waals surface area contributed by atoms with Gasteiger partial charge < -0.3 is 4.90 Å². The number of hydrogen-bond donors (Lipinski definition) is 0. The van der Waals surface area contributed by atoms with E-state index < -0.39 is 0 Å². The van der Waals surface area contributed by atoms with E-state index in [-0.39, 0.29) is 10.8 Å². The van der Waals surface area contributed by atoms with Crippen molar-refractivity contribution in [3.8, 4) is 33.4 Å². The van der Waals surface area contributed by atoms with E-state index in [4.69, 9.17) is 0 Å². The minimum Gasteiger partial charge on any atom is -0.310 e. The molecule has 0 radical (unpaired) electrons. The van der Waals surface area contributed by atoms with Crippen LogP contribution in [0.1, 0.15) is 219 Å². The zero-order valence-corrected chi connectivity index (χ0v) is 41.6. The van der Waals surface area contributed by atoms with Crippen LogP contribution in [0, 0.1) is 0 Å². The van der Waals surface area contributed by atoms with Crippen LogP contribution in [0.4, 0.5) is 17.1 Å². The largest absolute Gasteiger partial charge is 0.310 e. The predicted octanol–water partition coefficient (Wildman–Crippen LogP) is 19.9. The number of rotatable bonds is 7. The number of anilines is 3. The Balaban J connectivity index is 1.06. The minimum atomic E-state index is -0.0813. The van der Waals surface area contributed by atoms with Crippen molar-refractivity contribution >= 4 is 17.1 Å². The molecule has 0 unspecified atom stereocenters. The third-order valence-electron chi connectivity index (χ3n) is 18.0. The molecule has 0 saturated heterocycles. The van der Waals surface area contributed by atoms with Crippen LogP contribution in [0.25, 0.3) is 33.4 Å². The van der Waals surface area contributed by atoms with E-state index in [0.717, 1.165) is 0 Å². The minimum absolute atomic E-state index is 0.0813. The summed E-state index contributed by atoms with van der Waals surface area (Å²) in [6.45, 7) is 9.66. The van der Waals surface area contributed by atoms with E-state index in [0.29, 0.717) is 17.8 Å². The lowest BCUT2D eigenvalue weighted by Crippen LogP contribution is -2.18. The molecule has 3 saturated carbocycles. The summed E-state index contributed by atoms with van der Waals surface area (Å²) in [5.41, 5.74) is 22.9. The molecular formula is C66H77N. The maximum atomic E-state index is 2.81. The molecule has 346 valence electrons. The second-order valence-electron chi connectivity index (χ2n) is 22.9. The maximum absolute atomic E-state index is 2.81. The van der Waals surface area contributed by atoms with Crippen LogP contribution in [0.15, 0.2) is 121 Å². The lowest BCUT2D eigenvalue weighted by Gasteiger charge is -2.32. The SMILES string of the molecule is CC1(C)c2ccccc2-c2ccc(N(c3ccc(-c4c(C5CCCCCCC5)cc(C5CCCCCCC5)cc4C4CCCCCCC4)cc3)c3ccc4c(c3)C(C)(C)c3ccccc3-4)cc21. The average Bonchev–Trinajstić information content (AvgIpc) is 3.68. The zero-order chi connectivity index (χ0) is 45.5. The van der Waals surface area contributed by atoms with Gasteiger partial charge in [0.15, 0.2) is 0 Å². The summed E-state index contributed by atoms with van der Waals surface area (Å²) >= 11 is 0. The van der Waals surface area contributed by atoms with Crippen LogP contribution < -0.4 is 4.90 Å². The highest BCUT2D eigenvalue weighted by molar-refractivity contribution is 5.89. The van der Waals surface area contributed by atoms with Crippen LogP contribution in [-0.4, -0.2) is 0 Å². The molecule has 1 heteroatoms. The molecule has 0 aromatic heterocycles. The van der Waals surface area contributed by atoms with E-state index in [1.165, 1.54) is 202 Å². The van der Waals surface area contributed by atoms with Crippen LogP contribution in [0.2, 0.25) is 0 Å². The van der Waals surface area contributed by atoms with Gasteiger partial charge in [-0.1, -0.05) is 209 Å². The molecule has 1 nitrogen and oxygen atoms in total. The summed E-state index contributed by atoms with van der Waals surface area (Å²) in [5.74, 6) is 2.00. The number of fused-ring (bicyclic) bond motifs is 6. The van der Waals surface area contributed by atoms with E-state index in [9.17, 15) is 0 Å². The fraction of sp³-hybridized carbons (Fsp3) is 0.455. The van der Waals surface area contributed by atoms with Gasteiger partial charge in [-0.15, -0.1) is 0 Å². The molecule has 6 aromatic rings. The van der Waals surface area contributed by atoms with Gasteiger partial charge >= 0.3 is 0 Å². The Morgan fingerprint density at radius 1 is 0.343 bits per heavy atom. The molecule has 0 aliphatic heterocycles. The first-order chi connectivity index (χ1) is 32.8. The lowest BCUT2D eigenvalue weighted by molar-refractivity contribution is 0.442. The van der Waals surface area contributed by atoms with Crippen LogP contribution in [-0.2, 0) is 10.8 Å². The van der Waals surface area contributed by atoms with Crippen molar-refractivity contribution in [2.45, 2.75) is 191 Å².